The maximum Gasteiger partial charge on any atom is 0.0956 e. The first-order chi connectivity index (χ1) is 9.56. The Morgan fingerprint density at radius 2 is 2.25 bits per heavy atom. The van der Waals surface area contributed by atoms with E-state index < -0.39 is 0 Å². The van der Waals surface area contributed by atoms with Crippen LogP contribution in [0, 0.1) is 17.2 Å². The van der Waals surface area contributed by atoms with Crippen molar-refractivity contribution in [2.75, 3.05) is 23.7 Å². The largest absolute Gasteiger partial charge is 0.398 e. The van der Waals surface area contributed by atoms with Crippen molar-refractivity contribution < 1.29 is 0 Å². The summed E-state index contributed by atoms with van der Waals surface area (Å²) in [6.45, 7) is 5.50. The van der Waals surface area contributed by atoms with Crippen molar-refractivity contribution >= 4 is 38.2 Å². The summed E-state index contributed by atoms with van der Waals surface area (Å²) in [5.41, 5.74) is 8.64. The molecule has 1 aromatic carbocycles. The van der Waals surface area contributed by atoms with E-state index in [4.69, 9.17) is 11.0 Å². The van der Waals surface area contributed by atoms with E-state index >= 15 is 0 Å². The molecule has 0 spiro atoms. The average molecular weight is 333 g/mol. The fourth-order valence-electron chi connectivity index (χ4n) is 2.23. The number of benzene rings is 1. The molecule has 0 saturated carbocycles. The van der Waals surface area contributed by atoms with Gasteiger partial charge in [0.2, 0.25) is 0 Å². The van der Waals surface area contributed by atoms with Crippen LogP contribution in [0.1, 0.15) is 13.8 Å². The summed E-state index contributed by atoms with van der Waals surface area (Å²) in [6.07, 6.45) is 1.77. The fourth-order valence-corrected chi connectivity index (χ4v) is 2.56. The van der Waals surface area contributed by atoms with Gasteiger partial charge in [0.15, 0.2) is 0 Å². The van der Waals surface area contributed by atoms with E-state index in [0.717, 1.165) is 27.6 Å². The molecule has 4 nitrogen and oxygen atoms in total. The van der Waals surface area contributed by atoms with Crippen LogP contribution in [0.15, 0.2) is 28.9 Å². The van der Waals surface area contributed by atoms with Crippen LogP contribution in [-0.4, -0.2) is 18.1 Å². The summed E-state index contributed by atoms with van der Waals surface area (Å²) >= 11 is 3.42. The van der Waals surface area contributed by atoms with E-state index in [1.54, 1.807) is 6.20 Å². The highest BCUT2D eigenvalue weighted by Gasteiger charge is 2.14. The van der Waals surface area contributed by atoms with Gasteiger partial charge < -0.3 is 10.6 Å². The molecule has 1 unspecified atom stereocenters. The molecular formula is C15H17BrN4. The zero-order valence-electron chi connectivity index (χ0n) is 11.6. The van der Waals surface area contributed by atoms with Crippen molar-refractivity contribution in [3.05, 3.63) is 28.9 Å². The Labute approximate surface area is 127 Å². The van der Waals surface area contributed by atoms with E-state index in [-0.39, 0.29) is 5.92 Å². The summed E-state index contributed by atoms with van der Waals surface area (Å²) in [4.78, 5) is 6.66. The maximum absolute atomic E-state index is 9.00. The highest BCUT2D eigenvalue weighted by molar-refractivity contribution is 9.10. The second-order valence-electron chi connectivity index (χ2n) is 4.79. The summed E-state index contributed by atoms with van der Waals surface area (Å²) in [5.74, 6) is -0.0296. The number of nitrogen functional groups attached to an aromatic ring is 1. The number of aromatic nitrogens is 1. The minimum Gasteiger partial charge on any atom is -0.398 e. The highest BCUT2D eigenvalue weighted by Crippen LogP contribution is 2.31. The lowest BCUT2D eigenvalue weighted by Gasteiger charge is -2.25. The summed E-state index contributed by atoms with van der Waals surface area (Å²) < 4.78 is 0.905. The maximum atomic E-state index is 9.00. The van der Waals surface area contributed by atoms with Crippen LogP contribution in [0.3, 0.4) is 0 Å². The standard InChI is InChI=1S/C15H17BrN4/c1-3-20(9-10(2)7-17)14-5-4-13(18)12-6-11(16)8-19-15(12)14/h4-6,8,10H,3,9,18H2,1-2H3. The van der Waals surface area contributed by atoms with E-state index in [0.29, 0.717) is 12.2 Å². The normalized spacial score (nSPS) is 12.1. The Kier molecular flexibility index (Phi) is 4.46. The third-order valence-corrected chi connectivity index (χ3v) is 3.70. The molecule has 0 radical (unpaired) electrons. The van der Waals surface area contributed by atoms with Crippen LogP contribution in [0.2, 0.25) is 0 Å². The molecule has 0 saturated heterocycles. The van der Waals surface area contributed by atoms with Crippen molar-refractivity contribution in [1.82, 2.24) is 4.98 Å². The summed E-state index contributed by atoms with van der Waals surface area (Å²) in [7, 11) is 0. The first-order valence-corrected chi connectivity index (χ1v) is 7.34. The third-order valence-electron chi connectivity index (χ3n) is 3.27. The van der Waals surface area contributed by atoms with Gasteiger partial charge in [0, 0.05) is 34.8 Å². The van der Waals surface area contributed by atoms with E-state index in [1.807, 2.05) is 25.1 Å². The molecule has 0 aliphatic heterocycles. The zero-order chi connectivity index (χ0) is 14.7. The van der Waals surface area contributed by atoms with Gasteiger partial charge in [0.25, 0.3) is 0 Å². The molecular weight excluding hydrogens is 316 g/mol. The van der Waals surface area contributed by atoms with Crippen LogP contribution < -0.4 is 10.6 Å². The van der Waals surface area contributed by atoms with Gasteiger partial charge >= 0.3 is 0 Å². The molecule has 2 N–H and O–H groups in total. The molecule has 0 bridgehead atoms. The molecule has 20 heavy (non-hydrogen) atoms. The minimum absolute atomic E-state index is 0.0296. The second kappa shape index (κ2) is 6.10. The van der Waals surface area contributed by atoms with Gasteiger partial charge in [-0.15, -0.1) is 0 Å². The van der Waals surface area contributed by atoms with Gasteiger partial charge in [-0.25, -0.2) is 0 Å². The number of anilines is 2. The fraction of sp³-hybridized carbons (Fsp3) is 0.333. The lowest BCUT2D eigenvalue weighted by molar-refractivity contribution is 0.687. The number of nitrogens with two attached hydrogens (primary N) is 1. The Morgan fingerprint density at radius 3 is 2.90 bits per heavy atom. The van der Waals surface area contributed by atoms with Crippen LogP contribution in [0.5, 0.6) is 0 Å². The zero-order valence-corrected chi connectivity index (χ0v) is 13.2. The quantitative estimate of drug-likeness (QED) is 0.869. The van der Waals surface area contributed by atoms with E-state index in [9.17, 15) is 0 Å². The summed E-state index contributed by atoms with van der Waals surface area (Å²) in [6, 6.07) is 8.12. The van der Waals surface area contributed by atoms with Crippen LogP contribution in [0.25, 0.3) is 10.9 Å². The van der Waals surface area contributed by atoms with Gasteiger partial charge in [-0.1, -0.05) is 0 Å². The van der Waals surface area contributed by atoms with Gasteiger partial charge in [0.1, 0.15) is 0 Å². The smallest absolute Gasteiger partial charge is 0.0956 e. The topological polar surface area (TPSA) is 65.9 Å². The molecule has 0 amide bonds. The Morgan fingerprint density at radius 1 is 1.50 bits per heavy atom. The summed E-state index contributed by atoms with van der Waals surface area (Å²) in [5, 5.41) is 9.93. The number of hydrogen-bond acceptors (Lipinski definition) is 4. The van der Waals surface area contributed by atoms with Crippen molar-refractivity contribution in [2.24, 2.45) is 5.92 Å². The number of nitrogens with zero attached hydrogens (tertiary/aromatic N) is 3. The van der Waals surface area contributed by atoms with E-state index in [1.165, 1.54) is 0 Å². The van der Waals surface area contributed by atoms with Gasteiger partial charge in [-0.3, -0.25) is 4.98 Å². The number of rotatable bonds is 4. The molecule has 1 aromatic heterocycles. The Bertz CT molecular complexity index is 663. The molecule has 1 atom stereocenters. The molecule has 5 heteroatoms. The predicted molar refractivity (Wildman–Crippen MR) is 86.5 cm³/mol. The average Bonchev–Trinajstić information content (AvgIpc) is 2.46. The van der Waals surface area contributed by atoms with Crippen molar-refractivity contribution in [2.45, 2.75) is 13.8 Å². The van der Waals surface area contributed by atoms with Gasteiger partial charge in [-0.2, -0.15) is 5.26 Å². The van der Waals surface area contributed by atoms with Crippen molar-refractivity contribution in [1.29, 1.82) is 5.26 Å². The lowest BCUT2D eigenvalue weighted by Crippen LogP contribution is -2.28. The van der Waals surface area contributed by atoms with Crippen LogP contribution in [-0.2, 0) is 0 Å². The third kappa shape index (κ3) is 2.86. The lowest BCUT2D eigenvalue weighted by atomic mass is 10.1. The SMILES string of the molecule is CCN(CC(C)C#N)c1ccc(N)c2cc(Br)cnc12. The number of nitriles is 1. The second-order valence-corrected chi connectivity index (χ2v) is 5.71. The molecule has 1 heterocycles. The number of halogens is 1. The molecule has 0 aliphatic carbocycles. The Balaban J connectivity index is 2.53. The van der Waals surface area contributed by atoms with Crippen LogP contribution >= 0.6 is 15.9 Å². The predicted octanol–water partition coefficient (Wildman–Crippen LogP) is 3.57. The highest BCUT2D eigenvalue weighted by atomic mass is 79.9. The number of fused-ring (bicyclic) bond motifs is 1. The minimum atomic E-state index is -0.0296. The molecule has 2 aromatic rings. The molecule has 104 valence electrons. The van der Waals surface area contributed by atoms with Gasteiger partial charge in [-0.05, 0) is 48.0 Å². The van der Waals surface area contributed by atoms with E-state index in [2.05, 4.69) is 38.8 Å². The Hall–Kier alpha value is -1.80. The first-order valence-electron chi connectivity index (χ1n) is 6.55. The first kappa shape index (κ1) is 14.6. The monoisotopic (exact) mass is 332 g/mol. The number of hydrogen-bond donors (Lipinski definition) is 1. The molecule has 2 rings (SSSR count). The molecule has 0 aliphatic rings. The molecule has 0 fully saturated rings. The van der Waals surface area contributed by atoms with Gasteiger partial charge in [0.05, 0.1) is 23.2 Å². The van der Waals surface area contributed by atoms with Crippen molar-refractivity contribution in [3.8, 4) is 6.07 Å². The van der Waals surface area contributed by atoms with Crippen LogP contribution in [0.4, 0.5) is 11.4 Å². The number of pyridine rings is 1. The van der Waals surface area contributed by atoms with Crippen molar-refractivity contribution in [3.63, 3.8) is 0 Å².